The number of rotatable bonds is 8. The van der Waals surface area contributed by atoms with Crippen molar-refractivity contribution in [3.63, 3.8) is 0 Å². The molecule has 0 aliphatic rings. The minimum atomic E-state index is -0.218. The Morgan fingerprint density at radius 1 is 1.19 bits per heavy atom. The minimum Gasteiger partial charge on any atom is -0.466 e. The van der Waals surface area contributed by atoms with Crippen LogP contribution in [0, 0.1) is 5.92 Å². The molecule has 0 aliphatic carbocycles. The Morgan fingerprint density at radius 3 is 2.43 bits per heavy atom. The lowest BCUT2D eigenvalue weighted by Crippen LogP contribution is -2.25. The molecule has 0 saturated carbocycles. The maximum atomic E-state index is 11.9. The van der Waals surface area contributed by atoms with Crippen LogP contribution in [-0.2, 0) is 16.0 Å². The van der Waals surface area contributed by atoms with Gasteiger partial charge in [-0.15, -0.1) is 0 Å². The number of nitrogens with one attached hydrogen (secondary N) is 1. The van der Waals surface area contributed by atoms with Crippen molar-refractivity contribution in [2.45, 2.75) is 40.0 Å². The minimum absolute atomic E-state index is 0.102. The van der Waals surface area contributed by atoms with Crippen molar-refractivity contribution in [2.24, 2.45) is 5.92 Å². The highest BCUT2D eigenvalue weighted by molar-refractivity contribution is 5.94. The molecular weight excluding hydrogens is 266 g/mol. The Morgan fingerprint density at radius 2 is 1.86 bits per heavy atom. The van der Waals surface area contributed by atoms with Gasteiger partial charge in [0.2, 0.25) is 0 Å². The van der Waals surface area contributed by atoms with Crippen LogP contribution in [0.1, 0.15) is 49.5 Å². The van der Waals surface area contributed by atoms with Gasteiger partial charge in [-0.1, -0.05) is 26.0 Å². The quantitative estimate of drug-likeness (QED) is 0.592. The first kappa shape index (κ1) is 17.2. The van der Waals surface area contributed by atoms with Gasteiger partial charge in [0, 0.05) is 18.5 Å². The van der Waals surface area contributed by atoms with Gasteiger partial charge in [0.25, 0.3) is 5.91 Å². The van der Waals surface area contributed by atoms with Gasteiger partial charge in [-0.3, -0.25) is 9.59 Å². The van der Waals surface area contributed by atoms with Crippen LogP contribution in [0.4, 0.5) is 0 Å². The van der Waals surface area contributed by atoms with E-state index in [2.05, 4.69) is 19.2 Å². The SMILES string of the molecule is CCOC(=O)CCCNC(=O)c1ccc(CC(C)C)cc1. The zero-order valence-corrected chi connectivity index (χ0v) is 13.1. The second-order valence-electron chi connectivity index (χ2n) is 5.46. The highest BCUT2D eigenvalue weighted by Crippen LogP contribution is 2.09. The van der Waals surface area contributed by atoms with E-state index < -0.39 is 0 Å². The molecule has 4 heteroatoms. The number of hydrogen-bond donors (Lipinski definition) is 1. The molecule has 21 heavy (non-hydrogen) atoms. The molecule has 116 valence electrons. The van der Waals surface area contributed by atoms with Crippen molar-refractivity contribution >= 4 is 11.9 Å². The fraction of sp³-hybridized carbons (Fsp3) is 0.529. The Labute approximate surface area is 126 Å². The summed E-state index contributed by atoms with van der Waals surface area (Å²) in [7, 11) is 0. The summed E-state index contributed by atoms with van der Waals surface area (Å²) in [6.45, 7) is 7.00. The van der Waals surface area contributed by atoms with Gasteiger partial charge >= 0.3 is 5.97 Å². The summed E-state index contributed by atoms with van der Waals surface area (Å²) >= 11 is 0. The summed E-state index contributed by atoms with van der Waals surface area (Å²) in [6.07, 6.45) is 1.94. The predicted molar refractivity (Wildman–Crippen MR) is 83.2 cm³/mol. The van der Waals surface area contributed by atoms with Gasteiger partial charge in [0.1, 0.15) is 0 Å². The Bertz CT molecular complexity index is 452. The Kier molecular flexibility index (Phi) is 7.51. The standard InChI is InChI=1S/C17H25NO3/c1-4-21-16(19)6-5-11-18-17(20)15-9-7-14(8-10-15)12-13(2)3/h7-10,13H,4-6,11-12H2,1-3H3,(H,18,20). The molecule has 0 saturated heterocycles. The molecule has 0 unspecified atom stereocenters. The first-order valence-corrected chi connectivity index (χ1v) is 7.55. The van der Waals surface area contributed by atoms with E-state index >= 15 is 0 Å². The summed E-state index contributed by atoms with van der Waals surface area (Å²) in [4.78, 5) is 23.1. The van der Waals surface area contributed by atoms with Gasteiger partial charge in [-0.25, -0.2) is 0 Å². The highest BCUT2D eigenvalue weighted by Gasteiger charge is 2.06. The fourth-order valence-electron chi connectivity index (χ4n) is 2.03. The van der Waals surface area contributed by atoms with Crippen LogP contribution >= 0.6 is 0 Å². The summed E-state index contributed by atoms with van der Waals surface area (Å²) < 4.78 is 4.83. The van der Waals surface area contributed by atoms with Gasteiger partial charge in [0.15, 0.2) is 0 Å². The van der Waals surface area contributed by atoms with E-state index in [1.807, 2.05) is 24.3 Å². The molecule has 0 fully saturated rings. The molecule has 0 atom stereocenters. The van der Waals surface area contributed by atoms with Gasteiger partial charge in [0.05, 0.1) is 6.61 Å². The van der Waals surface area contributed by atoms with E-state index in [-0.39, 0.29) is 11.9 Å². The average molecular weight is 291 g/mol. The Hall–Kier alpha value is -1.84. The molecule has 0 heterocycles. The molecule has 0 aliphatic heterocycles. The third kappa shape index (κ3) is 6.93. The van der Waals surface area contributed by atoms with Gasteiger partial charge in [-0.05, 0) is 43.4 Å². The molecule has 1 rings (SSSR count). The monoisotopic (exact) mass is 291 g/mol. The summed E-state index contributed by atoms with van der Waals surface area (Å²) in [5, 5.41) is 2.81. The van der Waals surface area contributed by atoms with Crippen LogP contribution < -0.4 is 5.32 Å². The number of carbonyl (C=O) groups excluding carboxylic acids is 2. The normalized spacial score (nSPS) is 10.5. The molecular formula is C17H25NO3. The summed E-state index contributed by atoms with van der Waals surface area (Å²) in [6, 6.07) is 7.68. The van der Waals surface area contributed by atoms with E-state index in [4.69, 9.17) is 4.74 Å². The summed E-state index contributed by atoms with van der Waals surface area (Å²) in [5.74, 6) is 0.285. The molecule has 0 bridgehead atoms. The molecule has 1 aromatic carbocycles. The van der Waals surface area contributed by atoms with Crippen molar-refractivity contribution in [1.82, 2.24) is 5.32 Å². The third-order valence-electron chi connectivity index (χ3n) is 3.01. The lowest BCUT2D eigenvalue weighted by atomic mass is 10.0. The van der Waals surface area contributed by atoms with E-state index in [0.29, 0.717) is 37.5 Å². The molecule has 4 nitrogen and oxygen atoms in total. The summed E-state index contributed by atoms with van der Waals surface area (Å²) in [5.41, 5.74) is 1.89. The van der Waals surface area contributed by atoms with Gasteiger partial charge in [-0.2, -0.15) is 0 Å². The predicted octanol–water partition coefficient (Wildman–Crippen LogP) is 2.96. The number of esters is 1. The van der Waals surface area contributed by atoms with Crippen LogP contribution in [0.3, 0.4) is 0 Å². The molecule has 1 N–H and O–H groups in total. The number of hydrogen-bond acceptors (Lipinski definition) is 3. The van der Waals surface area contributed by atoms with E-state index in [9.17, 15) is 9.59 Å². The molecule has 0 spiro atoms. The third-order valence-corrected chi connectivity index (χ3v) is 3.01. The highest BCUT2D eigenvalue weighted by atomic mass is 16.5. The Balaban J connectivity index is 2.33. The zero-order chi connectivity index (χ0) is 15.7. The smallest absolute Gasteiger partial charge is 0.305 e. The molecule has 1 aromatic rings. The van der Waals surface area contributed by atoms with Crippen LogP contribution in [0.15, 0.2) is 24.3 Å². The number of benzene rings is 1. The largest absolute Gasteiger partial charge is 0.466 e. The zero-order valence-electron chi connectivity index (χ0n) is 13.1. The van der Waals surface area contributed by atoms with Crippen LogP contribution in [0.2, 0.25) is 0 Å². The second kappa shape index (κ2) is 9.16. The number of ether oxygens (including phenoxy) is 1. The topological polar surface area (TPSA) is 55.4 Å². The van der Waals surface area contributed by atoms with Gasteiger partial charge < -0.3 is 10.1 Å². The molecule has 1 amide bonds. The fourth-order valence-corrected chi connectivity index (χ4v) is 2.03. The van der Waals surface area contributed by atoms with Crippen molar-refractivity contribution in [3.8, 4) is 0 Å². The van der Waals surface area contributed by atoms with Crippen LogP contribution in [0.25, 0.3) is 0 Å². The van der Waals surface area contributed by atoms with Crippen molar-refractivity contribution < 1.29 is 14.3 Å². The van der Waals surface area contributed by atoms with Crippen LogP contribution in [-0.4, -0.2) is 25.0 Å². The number of amides is 1. The molecule has 0 aromatic heterocycles. The molecule has 0 radical (unpaired) electrons. The van der Waals surface area contributed by atoms with Crippen molar-refractivity contribution in [2.75, 3.05) is 13.2 Å². The van der Waals surface area contributed by atoms with Crippen molar-refractivity contribution in [1.29, 1.82) is 0 Å². The first-order valence-electron chi connectivity index (χ1n) is 7.55. The second-order valence-corrected chi connectivity index (χ2v) is 5.46. The lowest BCUT2D eigenvalue weighted by Gasteiger charge is -2.07. The van der Waals surface area contributed by atoms with Crippen LogP contribution in [0.5, 0.6) is 0 Å². The van der Waals surface area contributed by atoms with E-state index in [0.717, 1.165) is 6.42 Å². The first-order chi connectivity index (χ1) is 10.0. The lowest BCUT2D eigenvalue weighted by molar-refractivity contribution is -0.143. The van der Waals surface area contributed by atoms with E-state index in [1.165, 1.54) is 5.56 Å². The van der Waals surface area contributed by atoms with E-state index in [1.54, 1.807) is 6.92 Å². The average Bonchev–Trinajstić information content (AvgIpc) is 2.44. The number of carbonyl (C=O) groups is 2. The maximum absolute atomic E-state index is 11.9. The maximum Gasteiger partial charge on any atom is 0.305 e. The van der Waals surface area contributed by atoms with Crippen molar-refractivity contribution in [3.05, 3.63) is 35.4 Å².